The number of benzene rings is 1. The molecule has 9 heteroatoms. The highest BCUT2D eigenvalue weighted by molar-refractivity contribution is 9.10. The van der Waals surface area contributed by atoms with Crippen molar-refractivity contribution in [1.82, 2.24) is 0 Å². The molecule has 0 amide bonds. The van der Waals surface area contributed by atoms with Crippen molar-refractivity contribution in [2.75, 3.05) is 7.11 Å². The third-order valence-corrected chi connectivity index (χ3v) is 3.07. The van der Waals surface area contributed by atoms with Crippen LogP contribution < -0.4 is 8.92 Å². The Morgan fingerprint density at radius 2 is 1.82 bits per heavy atom. The minimum absolute atomic E-state index is 0.132. The van der Waals surface area contributed by atoms with Crippen molar-refractivity contribution in [1.29, 1.82) is 0 Å². The molecule has 0 atom stereocenters. The molecule has 0 aliphatic rings. The van der Waals surface area contributed by atoms with E-state index < -0.39 is 21.4 Å². The summed E-state index contributed by atoms with van der Waals surface area (Å²) in [6.07, 6.45) is 0. The van der Waals surface area contributed by atoms with Crippen molar-refractivity contribution in [3.05, 3.63) is 22.7 Å². The Kier molecular flexibility index (Phi) is 3.92. The number of ether oxygens (including phenoxy) is 1. The van der Waals surface area contributed by atoms with E-state index in [4.69, 9.17) is 4.74 Å². The van der Waals surface area contributed by atoms with Gasteiger partial charge in [0.05, 0.1) is 7.11 Å². The quantitative estimate of drug-likeness (QED) is 0.630. The highest BCUT2D eigenvalue weighted by Crippen LogP contribution is 2.34. The Balaban J connectivity index is 3.13. The molecule has 1 rings (SSSR count). The third-order valence-electron chi connectivity index (χ3n) is 1.61. The maximum atomic E-state index is 12.1. The summed E-state index contributed by atoms with van der Waals surface area (Å²) in [5.41, 5.74) is -5.48. The zero-order valence-electron chi connectivity index (χ0n) is 8.29. The van der Waals surface area contributed by atoms with Crippen molar-refractivity contribution in [3.63, 3.8) is 0 Å². The maximum Gasteiger partial charge on any atom is 0.534 e. The van der Waals surface area contributed by atoms with Crippen LogP contribution in [0.3, 0.4) is 0 Å². The highest BCUT2D eigenvalue weighted by atomic mass is 79.9. The predicted molar refractivity (Wildman–Crippen MR) is 56.3 cm³/mol. The van der Waals surface area contributed by atoms with Crippen LogP contribution in [0.25, 0.3) is 0 Å². The van der Waals surface area contributed by atoms with E-state index in [2.05, 4.69) is 20.1 Å². The number of rotatable bonds is 3. The molecular weight excluding hydrogens is 329 g/mol. The molecular formula is C8H6BrF3O4S. The van der Waals surface area contributed by atoms with Gasteiger partial charge in [0.25, 0.3) is 0 Å². The molecule has 0 unspecified atom stereocenters. The number of hydrogen-bond acceptors (Lipinski definition) is 4. The zero-order valence-corrected chi connectivity index (χ0v) is 10.7. The van der Waals surface area contributed by atoms with E-state index in [1.165, 1.54) is 19.2 Å². The number of hydrogen-bond donors (Lipinski definition) is 0. The standard InChI is InChI=1S/C8H6BrF3O4S/c1-15-7-4-5(9)2-3-6(7)16-17(13,14)8(10,11)12/h2-4H,1H3. The van der Waals surface area contributed by atoms with E-state index in [9.17, 15) is 21.6 Å². The van der Waals surface area contributed by atoms with E-state index in [0.717, 1.165) is 6.07 Å². The van der Waals surface area contributed by atoms with Crippen LogP contribution in [-0.2, 0) is 10.1 Å². The summed E-state index contributed by atoms with van der Waals surface area (Å²) in [5.74, 6) is -0.666. The van der Waals surface area contributed by atoms with Crippen molar-refractivity contribution in [2.24, 2.45) is 0 Å². The molecule has 1 aromatic rings. The van der Waals surface area contributed by atoms with Gasteiger partial charge in [-0.2, -0.15) is 21.6 Å². The lowest BCUT2D eigenvalue weighted by molar-refractivity contribution is -0.0500. The van der Waals surface area contributed by atoms with Crippen molar-refractivity contribution >= 4 is 26.0 Å². The smallest absolute Gasteiger partial charge is 0.493 e. The highest BCUT2D eigenvalue weighted by Gasteiger charge is 2.48. The molecule has 0 saturated heterocycles. The van der Waals surface area contributed by atoms with Gasteiger partial charge in [0.1, 0.15) is 0 Å². The summed E-state index contributed by atoms with van der Waals surface area (Å²) in [7, 11) is -4.52. The van der Waals surface area contributed by atoms with Gasteiger partial charge < -0.3 is 8.92 Å². The average molecular weight is 335 g/mol. The fourth-order valence-corrected chi connectivity index (χ4v) is 1.68. The van der Waals surface area contributed by atoms with Gasteiger partial charge in [0, 0.05) is 4.47 Å². The Morgan fingerprint density at radius 3 is 2.29 bits per heavy atom. The molecule has 0 bridgehead atoms. The number of halogens is 4. The van der Waals surface area contributed by atoms with Crippen LogP contribution in [0.5, 0.6) is 11.5 Å². The molecule has 4 nitrogen and oxygen atoms in total. The molecule has 1 aromatic carbocycles. The van der Waals surface area contributed by atoms with Crippen LogP contribution in [0, 0.1) is 0 Å². The number of alkyl halides is 3. The molecule has 0 aromatic heterocycles. The average Bonchev–Trinajstić information content (AvgIpc) is 2.18. The minimum atomic E-state index is -5.69. The van der Waals surface area contributed by atoms with E-state index in [0.29, 0.717) is 4.47 Å². The van der Waals surface area contributed by atoms with Crippen molar-refractivity contribution in [3.8, 4) is 11.5 Å². The summed E-state index contributed by atoms with van der Waals surface area (Å²) >= 11 is 3.05. The molecule has 0 radical (unpaired) electrons. The predicted octanol–water partition coefficient (Wildman–Crippen LogP) is 2.69. The first-order chi connectivity index (χ1) is 7.67. The summed E-state index contributed by atoms with van der Waals surface area (Å²) in [6, 6.07) is 3.65. The zero-order chi connectivity index (χ0) is 13.3. The van der Waals surface area contributed by atoms with Crippen LogP contribution in [0.15, 0.2) is 22.7 Å². The molecule has 0 heterocycles. The molecule has 0 N–H and O–H groups in total. The second-order valence-electron chi connectivity index (χ2n) is 2.78. The van der Waals surface area contributed by atoms with Crippen LogP contribution in [-0.4, -0.2) is 21.0 Å². The summed E-state index contributed by atoms with van der Waals surface area (Å²) in [4.78, 5) is 0. The first-order valence-electron chi connectivity index (χ1n) is 4.01. The lowest BCUT2D eigenvalue weighted by Gasteiger charge is -2.12. The van der Waals surface area contributed by atoms with E-state index in [-0.39, 0.29) is 5.75 Å². The second kappa shape index (κ2) is 4.73. The fraction of sp³-hybridized carbons (Fsp3) is 0.250. The van der Waals surface area contributed by atoms with Gasteiger partial charge in [-0.1, -0.05) is 15.9 Å². The van der Waals surface area contributed by atoms with Crippen LogP contribution in [0.2, 0.25) is 0 Å². The Morgan fingerprint density at radius 1 is 1.24 bits per heavy atom. The second-order valence-corrected chi connectivity index (χ2v) is 5.23. The lowest BCUT2D eigenvalue weighted by Crippen LogP contribution is -2.28. The Labute approximate surface area is 104 Å². The van der Waals surface area contributed by atoms with Crippen LogP contribution in [0.4, 0.5) is 13.2 Å². The van der Waals surface area contributed by atoms with Gasteiger partial charge in [-0.05, 0) is 18.2 Å². The molecule has 0 aliphatic heterocycles. The number of methoxy groups -OCH3 is 1. The van der Waals surface area contributed by atoms with Gasteiger partial charge in [-0.25, -0.2) is 0 Å². The Bertz CT molecular complexity index is 512. The van der Waals surface area contributed by atoms with Crippen molar-refractivity contribution < 1.29 is 30.5 Å². The van der Waals surface area contributed by atoms with E-state index in [1.807, 2.05) is 0 Å². The summed E-state index contributed by atoms with van der Waals surface area (Å²) < 4.78 is 66.9. The molecule has 96 valence electrons. The maximum absolute atomic E-state index is 12.1. The van der Waals surface area contributed by atoms with Gasteiger partial charge in [-0.15, -0.1) is 0 Å². The fourth-order valence-electron chi connectivity index (χ4n) is 0.876. The van der Waals surface area contributed by atoms with E-state index >= 15 is 0 Å². The largest absolute Gasteiger partial charge is 0.534 e. The van der Waals surface area contributed by atoms with Gasteiger partial charge in [0.15, 0.2) is 11.5 Å². The van der Waals surface area contributed by atoms with Gasteiger partial charge in [-0.3, -0.25) is 0 Å². The van der Waals surface area contributed by atoms with Crippen LogP contribution >= 0.6 is 15.9 Å². The summed E-state index contributed by atoms with van der Waals surface area (Å²) in [6.45, 7) is 0. The van der Waals surface area contributed by atoms with Gasteiger partial charge in [0.2, 0.25) is 0 Å². The monoisotopic (exact) mass is 334 g/mol. The molecule has 0 saturated carbocycles. The third kappa shape index (κ3) is 3.25. The topological polar surface area (TPSA) is 52.6 Å². The molecule has 17 heavy (non-hydrogen) atoms. The normalized spacial score (nSPS) is 12.3. The Hall–Kier alpha value is -0.960. The van der Waals surface area contributed by atoms with Gasteiger partial charge >= 0.3 is 15.6 Å². The first-order valence-corrected chi connectivity index (χ1v) is 6.22. The molecule has 0 aliphatic carbocycles. The van der Waals surface area contributed by atoms with Crippen LogP contribution in [0.1, 0.15) is 0 Å². The summed E-state index contributed by atoms with van der Waals surface area (Å²) in [5, 5.41) is 0. The van der Waals surface area contributed by atoms with Crippen molar-refractivity contribution in [2.45, 2.75) is 5.51 Å². The van der Waals surface area contributed by atoms with E-state index in [1.54, 1.807) is 0 Å². The molecule has 0 fully saturated rings. The lowest BCUT2D eigenvalue weighted by atomic mass is 10.3. The SMILES string of the molecule is COc1cc(Br)ccc1OS(=O)(=O)C(F)(F)F. The molecule has 0 spiro atoms. The first kappa shape index (κ1) is 14.1. The minimum Gasteiger partial charge on any atom is -0.493 e.